The number of carbonyl (C=O) groups excluding carboxylic acids is 1. The van der Waals surface area contributed by atoms with Crippen molar-refractivity contribution < 1.29 is 9.53 Å². The Labute approximate surface area is 115 Å². The van der Waals surface area contributed by atoms with Gasteiger partial charge in [0.1, 0.15) is 5.75 Å². The first-order valence-electron chi connectivity index (χ1n) is 5.74. The molecule has 1 heterocycles. The van der Waals surface area contributed by atoms with Crippen molar-refractivity contribution in [3.05, 3.63) is 40.3 Å². The highest BCUT2D eigenvalue weighted by atomic mass is 32.1. The van der Waals surface area contributed by atoms with Crippen LogP contribution in [-0.2, 0) is 0 Å². The van der Waals surface area contributed by atoms with Gasteiger partial charge >= 0.3 is 0 Å². The van der Waals surface area contributed by atoms with E-state index in [1.165, 1.54) is 0 Å². The molecule has 0 aliphatic rings. The molecule has 1 unspecified atom stereocenters. The van der Waals surface area contributed by atoms with E-state index in [0.29, 0.717) is 11.3 Å². The number of aromatic nitrogens is 1. The van der Waals surface area contributed by atoms with Crippen LogP contribution >= 0.6 is 11.3 Å². The molecule has 0 saturated carbocycles. The van der Waals surface area contributed by atoms with Crippen LogP contribution in [-0.4, -0.2) is 18.0 Å². The molecule has 6 heteroatoms. The molecule has 0 spiro atoms. The van der Waals surface area contributed by atoms with Crippen LogP contribution < -0.4 is 15.8 Å². The number of nitrogens with one attached hydrogen (secondary N) is 1. The highest BCUT2D eigenvalue weighted by Gasteiger charge is 2.12. The van der Waals surface area contributed by atoms with Crippen LogP contribution in [0.4, 0.5) is 5.69 Å². The van der Waals surface area contributed by atoms with E-state index < -0.39 is 5.91 Å². The van der Waals surface area contributed by atoms with Crippen LogP contribution in [0.15, 0.2) is 29.9 Å². The van der Waals surface area contributed by atoms with E-state index in [0.717, 1.165) is 10.6 Å². The first kappa shape index (κ1) is 13.4. The van der Waals surface area contributed by atoms with Gasteiger partial charge in [0.2, 0.25) is 5.91 Å². The molecule has 0 bridgehead atoms. The average Bonchev–Trinajstić information content (AvgIpc) is 2.92. The quantitative estimate of drug-likeness (QED) is 0.880. The molecule has 1 aromatic carbocycles. The summed E-state index contributed by atoms with van der Waals surface area (Å²) in [5, 5.41) is 3.30. The number of ether oxygens (including phenoxy) is 1. The Morgan fingerprint density at radius 2 is 2.32 bits per heavy atom. The molecule has 0 aliphatic carbocycles. The molecule has 0 aliphatic heterocycles. The van der Waals surface area contributed by atoms with E-state index in [9.17, 15) is 4.79 Å². The topological polar surface area (TPSA) is 77.2 Å². The Kier molecular flexibility index (Phi) is 4.01. The number of nitrogens with zero attached hydrogens (tertiary/aromatic N) is 1. The molecule has 0 fully saturated rings. The molecule has 2 rings (SSSR count). The molecule has 19 heavy (non-hydrogen) atoms. The Morgan fingerprint density at radius 1 is 1.53 bits per heavy atom. The maximum atomic E-state index is 11.2. The minimum Gasteiger partial charge on any atom is -0.495 e. The molecular formula is C13H15N3O2S. The number of thiazole rings is 1. The van der Waals surface area contributed by atoms with Gasteiger partial charge in [0, 0.05) is 16.6 Å². The number of primary amides is 1. The minimum atomic E-state index is -0.462. The molecule has 5 nitrogen and oxygen atoms in total. The zero-order valence-corrected chi connectivity index (χ0v) is 11.5. The lowest BCUT2D eigenvalue weighted by molar-refractivity contribution is 0.100. The number of carbonyl (C=O) groups is 1. The van der Waals surface area contributed by atoms with Crippen LogP contribution in [0.1, 0.15) is 28.2 Å². The molecule has 2 aromatic rings. The van der Waals surface area contributed by atoms with Gasteiger partial charge in [-0.05, 0) is 25.1 Å². The molecule has 1 amide bonds. The van der Waals surface area contributed by atoms with Gasteiger partial charge in [0.25, 0.3) is 0 Å². The third-order valence-electron chi connectivity index (χ3n) is 2.73. The van der Waals surface area contributed by atoms with Crippen molar-refractivity contribution in [2.45, 2.75) is 13.0 Å². The van der Waals surface area contributed by atoms with Gasteiger partial charge in [-0.25, -0.2) is 0 Å². The van der Waals surface area contributed by atoms with E-state index >= 15 is 0 Å². The molecule has 1 aromatic heterocycles. The second kappa shape index (κ2) is 5.71. The standard InChI is InChI=1S/C13H15N3O2S/c1-8(12-6-15-7-19-12)16-10-5-9(13(14)17)3-4-11(10)18-2/h3-8,16H,1-2H3,(H2,14,17). The highest BCUT2D eigenvalue weighted by molar-refractivity contribution is 7.09. The molecule has 100 valence electrons. The Morgan fingerprint density at radius 3 is 2.89 bits per heavy atom. The second-order valence-corrected chi connectivity index (χ2v) is 4.97. The summed E-state index contributed by atoms with van der Waals surface area (Å²) in [4.78, 5) is 16.4. The van der Waals surface area contributed by atoms with Gasteiger partial charge in [0.15, 0.2) is 0 Å². The SMILES string of the molecule is COc1ccc(C(N)=O)cc1NC(C)c1cncs1. The number of nitrogens with two attached hydrogens (primary N) is 1. The fourth-order valence-corrected chi connectivity index (χ4v) is 2.35. The molecular weight excluding hydrogens is 262 g/mol. The van der Waals surface area contributed by atoms with Gasteiger partial charge in [-0.2, -0.15) is 0 Å². The lowest BCUT2D eigenvalue weighted by Crippen LogP contribution is -2.12. The van der Waals surface area contributed by atoms with Gasteiger partial charge in [-0.15, -0.1) is 11.3 Å². The summed E-state index contributed by atoms with van der Waals surface area (Å²) < 4.78 is 5.27. The minimum absolute atomic E-state index is 0.0736. The van der Waals surface area contributed by atoms with Crippen molar-refractivity contribution in [3.63, 3.8) is 0 Å². The van der Waals surface area contributed by atoms with Crippen LogP contribution in [0.5, 0.6) is 5.75 Å². The summed E-state index contributed by atoms with van der Waals surface area (Å²) in [6, 6.07) is 5.13. The van der Waals surface area contributed by atoms with E-state index in [1.807, 2.05) is 13.1 Å². The van der Waals surface area contributed by atoms with Gasteiger partial charge in [-0.3, -0.25) is 9.78 Å². The Bertz CT molecular complexity index is 569. The zero-order valence-electron chi connectivity index (χ0n) is 10.7. The monoisotopic (exact) mass is 277 g/mol. The van der Waals surface area contributed by atoms with Crippen LogP contribution in [0.25, 0.3) is 0 Å². The fraction of sp³-hybridized carbons (Fsp3) is 0.231. The molecule has 1 atom stereocenters. The largest absolute Gasteiger partial charge is 0.495 e. The number of rotatable bonds is 5. The van der Waals surface area contributed by atoms with Crippen LogP contribution in [0.3, 0.4) is 0 Å². The predicted molar refractivity (Wildman–Crippen MR) is 75.7 cm³/mol. The van der Waals surface area contributed by atoms with E-state index in [2.05, 4.69) is 10.3 Å². The third kappa shape index (κ3) is 3.03. The number of methoxy groups -OCH3 is 1. The Hall–Kier alpha value is -2.08. The third-order valence-corrected chi connectivity index (χ3v) is 3.69. The number of hydrogen-bond acceptors (Lipinski definition) is 5. The van der Waals surface area contributed by atoms with E-state index in [4.69, 9.17) is 10.5 Å². The first-order valence-corrected chi connectivity index (χ1v) is 6.62. The number of hydrogen-bond donors (Lipinski definition) is 2. The summed E-state index contributed by atoms with van der Waals surface area (Å²) in [5.74, 6) is 0.206. The Balaban J connectivity index is 2.27. The lowest BCUT2D eigenvalue weighted by Gasteiger charge is -2.16. The number of benzene rings is 1. The second-order valence-electron chi connectivity index (χ2n) is 4.05. The van der Waals surface area contributed by atoms with Crippen molar-refractivity contribution in [3.8, 4) is 5.75 Å². The fourth-order valence-electron chi connectivity index (χ4n) is 1.72. The molecule has 0 radical (unpaired) electrons. The summed E-state index contributed by atoms with van der Waals surface area (Å²) in [6.07, 6.45) is 1.81. The predicted octanol–water partition coefficient (Wildman–Crippen LogP) is 2.42. The van der Waals surface area contributed by atoms with Crippen molar-refractivity contribution in [2.24, 2.45) is 5.73 Å². The van der Waals surface area contributed by atoms with Crippen molar-refractivity contribution in [1.82, 2.24) is 4.98 Å². The van der Waals surface area contributed by atoms with Gasteiger partial charge in [0.05, 0.1) is 24.3 Å². The van der Waals surface area contributed by atoms with Crippen molar-refractivity contribution in [2.75, 3.05) is 12.4 Å². The van der Waals surface area contributed by atoms with Crippen LogP contribution in [0.2, 0.25) is 0 Å². The van der Waals surface area contributed by atoms with Crippen molar-refractivity contribution >= 4 is 22.9 Å². The summed E-state index contributed by atoms with van der Waals surface area (Å²) >= 11 is 1.57. The van der Waals surface area contributed by atoms with E-state index in [1.54, 1.807) is 42.2 Å². The van der Waals surface area contributed by atoms with Gasteiger partial charge < -0.3 is 15.8 Å². The molecule has 0 saturated heterocycles. The van der Waals surface area contributed by atoms with Crippen LogP contribution in [0, 0.1) is 0 Å². The summed E-state index contributed by atoms with van der Waals surface area (Å²) in [6.45, 7) is 2.02. The van der Waals surface area contributed by atoms with Crippen molar-refractivity contribution in [1.29, 1.82) is 0 Å². The molecule has 3 N–H and O–H groups in total. The summed E-state index contributed by atoms with van der Waals surface area (Å²) in [5.41, 5.74) is 8.25. The van der Waals surface area contributed by atoms with E-state index in [-0.39, 0.29) is 6.04 Å². The average molecular weight is 277 g/mol. The summed E-state index contributed by atoms with van der Waals surface area (Å²) in [7, 11) is 1.59. The number of anilines is 1. The highest BCUT2D eigenvalue weighted by Crippen LogP contribution is 2.30. The zero-order chi connectivity index (χ0) is 13.8. The van der Waals surface area contributed by atoms with Gasteiger partial charge in [-0.1, -0.05) is 0 Å². The number of amides is 1. The normalized spacial score (nSPS) is 11.9. The maximum Gasteiger partial charge on any atom is 0.248 e. The smallest absolute Gasteiger partial charge is 0.248 e. The lowest BCUT2D eigenvalue weighted by atomic mass is 10.1. The first-order chi connectivity index (χ1) is 9.11. The maximum absolute atomic E-state index is 11.2.